The van der Waals surface area contributed by atoms with E-state index in [1.807, 2.05) is 6.07 Å². The van der Waals surface area contributed by atoms with Crippen molar-refractivity contribution in [2.45, 2.75) is 12.3 Å². The normalized spacial score (nSPS) is 11.8. The molecule has 1 aromatic rings. The Morgan fingerprint density at radius 3 is 2.79 bits per heavy atom. The van der Waals surface area contributed by atoms with E-state index in [2.05, 4.69) is 0 Å². The van der Waals surface area contributed by atoms with E-state index < -0.39 is 11.2 Å². The number of phenols is 1. The number of halogens is 1. The Hall–Kier alpha value is -1.53. The van der Waals surface area contributed by atoms with Gasteiger partial charge in [0.15, 0.2) is 5.78 Å². The molecular weight excluding hydrogens is 202 g/mol. The standard InChI is InChI=1S/C10H8ClNO2/c1-6(11)10(14)9-7(5-12)3-2-4-8(9)13/h2-4,6,13H,1H3. The molecule has 0 heterocycles. The summed E-state index contributed by atoms with van der Waals surface area (Å²) in [5.74, 6) is -0.650. The number of rotatable bonds is 2. The molecule has 0 aromatic heterocycles. The third-order valence-corrected chi connectivity index (χ3v) is 1.97. The maximum Gasteiger partial charge on any atom is 0.185 e. The van der Waals surface area contributed by atoms with E-state index in [9.17, 15) is 9.90 Å². The highest BCUT2D eigenvalue weighted by atomic mass is 35.5. The summed E-state index contributed by atoms with van der Waals surface area (Å²) >= 11 is 5.59. The first-order valence-corrected chi connectivity index (χ1v) is 4.42. The second-order valence-corrected chi connectivity index (χ2v) is 3.45. The number of benzene rings is 1. The predicted molar refractivity (Wildman–Crippen MR) is 52.5 cm³/mol. The van der Waals surface area contributed by atoms with Crippen molar-refractivity contribution >= 4 is 17.4 Å². The van der Waals surface area contributed by atoms with E-state index in [0.29, 0.717) is 0 Å². The molecule has 4 heteroatoms. The molecule has 0 aliphatic carbocycles. The maximum absolute atomic E-state index is 11.5. The van der Waals surface area contributed by atoms with Gasteiger partial charge in [0.05, 0.1) is 16.5 Å². The first-order valence-electron chi connectivity index (χ1n) is 3.98. The van der Waals surface area contributed by atoms with Crippen LogP contribution in [0.5, 0.6) is 5.75 Å². The quantitative estimate of drug-likeness (QED) is 0.599. The average molecular weight is 210 g/mol. The van der Waals surface area contributed by atoms with Crippen LogP contribution >= 0.6 is 11.6 Å². The minimum atomic E-state index is -0.754. The fraction of sp³-hybridized carbons (Fsp3) is 0.200. The van der Waals surface area contributed by atoms with Crippen LogP contribution in [0.15, 0.2) is 18.2 Å². The lowest BCUT2D eigenvalue weighted by Crippen LogP contribution is -2.12. The first-order chi connectivity index (χ1) is 6.57. The molecule has 1 rings (SSSR count). The van der Waals surface area contributed by atoms with Crippen molar-refractivity contribution in [3.63, 3.8) is 0 Å². The average Bonchev–Trinajstić information content (AvgIpc) is 2.16. The van der Waals surface area contributed by atoms with Crippen LogP contribution in [-0.2, 0) is 0 Å². The number of hydrogen-bond acceptors (Lipinski definition) is 3. The van der Waals surface area contributed by atoms with E-state index >= 15 is 0 Å². The first kappa shape index (κ1) is 10.6. The number of nitriles is 1. The molecule has 72 valence electrons. The van der Waals surface area contributed by atoms with Crippen LogP contribution in [0.2, 0.25) is 0 Å². The molecule has 0 saturated carbocycles. The monoisotopic (exact) mass is 209 g/mol. The molecule has 0 aliphatic heterocycles. The summed E-state index contributed by atoms with van der Waals surface area (Å²) in [6.45, 7) is 1.50. The lowest BCUT2D eigenvalue weighted by Gasteiger charge is -2.06. The van der Waals surface area contributed by atoms with E-state index in [-0.39, 0.29) is 16.9 Å². The zero-order valence-electron chi connectivity index (χ0n) is 7.49. The number of phenolic OH excluding ortho intramolecular Hbond substituents is 1. The Bertz CT molecular complexity index is 407. The second kappa shape index (κ2) is 4.12. The number of nitrogens with zero attached hydrogens (tertiary/aromatic N) is 1. The van der Waals surface area contributed by atoms with Crippen molar-refractivity contribution in [2.24, 2.45) is 0 Å². The van der Waals surface area contributed by atoms with Gasteiger partial charge in [0, 0.05) is 0 Å². The summed E-state index contributed by atoms with van der Waals surface area (Å²) in [7, 11) is 0. The summed E-state index contributed by atoms with van der Waals surface area (Å²) in [6, 6.07) is 6.16. The highest BCUT2D eigenvalue weighted by Crippen LogP contribution is 2.23. The van der Waals surface area contributed by atoms with Crippen LogP contribution < -0.4 is 0 Å². The summed E-state index contributed by atoms with van der Waals surface area (Å²) in [5.41, 5.74) is 0.139. The molecule has 0 spiro atoms. The van der Waals surface area contributed by atoms with Crippen molar-refractivity contribution in [1.29, 1.82) is 5.26 Å². The summed E-state index contributed by atoms with van der Waals surface area (Å²) < 4.78 is 0. The Morgan fingerprint density at radius 2 is 2.29 bits per heavy atom. The highest BCUT2D eigenvalue weighted by molar-refractivity contribution is 6.34. The van der Waals surface area contributed by atoms with Gasteiger partial charge in [-0.25, -0.2) is 0 Å². The number of alkyl halides is 1. The Kier molecular flexibility index (Phi) is 3.10. The van der Waals surface area contributed by atoms with Gasteiger partial charge < -0.3 is 5.11 Å². The minimum Gasteiger partial charge on any atom is -0.507 e. The molecule has 0 bridgehead atoms. The maximum atomic E-state index is 11.5. The molecule has 1 N–H and O–H groups in total. The molecule has 14 heavy (non-hydrogen) atoms. The third-order valence-electron chi connectivity index (χ3n) is 1.77. The van der Waals surface area contributed by atoms with Gasteiger partial charge in [0.1, 0.15) is 11.8 Å². The van der Waals surface area contributed by atoms with Crippen molar-refractivity contribution < 1.29 is 9.90 Å². The molecule has 0 radical (unpaired) electrons. The van der Waals surface area contributed by atoms with Crippen LogP contribution in [0.4, 0.5) is 0 Å². The minimum absolute atomic E-state index is 0.00231. The van der Waals surface area contributed by atoms with Gasteiger partial charge in [0.2, 0.25) is 0 Å². The lowest BCUT2D eigenvalue weighted by atomic mass is 10.0. The van der Waals surface area contributed by atoms with Gasteiger partial charge in [-0.2, -0.15) is 5.26 Å². The molecule has 3 nitrogen and oxygen atoms in total. The van der Waals surface area contributed by atoms with Crippen molar-refractivity contribution in [3.8, 4) is 11.8 Å². The summed E-state index contributed by atoms with van der Waals surface area (Å²) in [4.78, 5) is 11.5. The number of carbonyl (C=O) groups excluding carboxylic acids is 1. The molecular formula is C10H8ClNO2. The number of carbonyl (C=O) groups is 1. The summed E-state index contributed by atoms with van der Waals surface area (Å²) in [5, 5.41) is 17.4. The SMILES string of the molecule is CC(Cl)C(=O)c1c(O)cccc1C#N. The van der Waals surface area contributed by atoms with Crippen LogP contribution in [0, 0.1) is 11.3 Å². The van der Waals surface area contributed by atoms with Gasteiger partial charge in [-0.05, 0) is 19.1 Å². The zero-order chi connectivity index (χ0) is 10.7. The molecule has 0 saturated heterocycles. The number of aromatic hydroxyl groups is 1. The second-order valence-electron chi connectivity index (χ2n) is 2.79. The van der Waals surface area contributed by atoms with Crippen LogP contribution in [0.25, 0.3) is 0 Å². The van der Waals surface area contributed by atoms with Crippen molar-refractivity contribution in [2.75, 3.05) is 0 Å². The molecule has 0 aliphatic rings. The molecule has 1 aromatic carbocycles. The molecule has 0 amide bonds. The highest BCUT2D eigenvalue weighted by Gasteiger charge is 2.19. The van der Waals surface area contributed by atoms with Crippen LogP contribution in [0.1, 0.15) is 22.8 Å². The summed E-state index contributed by atoms with van der Waals surface area (Å²) in [6.07, 6.45) is 0. The Labute approximate surface area is 86.5 Å². The van der Waals surface area contributed by atoms with Gasteiger partial charge >= 0.3 is 0 Å². The number of Topliss-reactive ketones (excluding diaryl/α,β-unsaturated/α-hetero) is 1. The fourth-order valence-electron chi connectivity index (χ4n) is 1.09. The van der Waals surface area contributed by atoms with Gasteiger partial charge in [-0.1, -0.05) is 6.07 Å². The Balaban J connectivity index is 3.33. The largest absolute Gasteiger partial charge is 0.507 e. The van der Waals surface area contributed by atoms with Gasteiger partial charge in [0.25, 0.3) is 0 Å². The van der Waals surface area contributed by atoms with E-state index in [0.717, 1.165) is 0 Å². The zero-order valence-corrected chi connectivity index (χ0v) is 8.25. The number of hydrogen-bond donors (Lipinski definition) is 1. The van der Waals surface area contributed by atoms with E-state index in [1.54, 1.807) is 0 Å². The smallest absolute Gasteiger partial charge is 0.185 e. The van der Waals surface area contributed by atoms with Crippen molar-refractivity contribution in [3.05, 3.63) is 29.3 Å². The van der Waals surface area contributed by atoms with E-state index in [4.69, 9.17) is 16.9 Å². The van der Waals surface area contributed by atoms with E-state index in [1.165, 1.54) is 25.1 Å². The predicted octanol–water partition coefficient (Wildman–Crippen LogP) is 2.07. The van der Waals surface area contributed by atoms with Gasteiger partial charge in [-0.15, -0.1) is 11.6 Å². The Morgan fingerprint density at radius 1 is 1.64 bits per heavy atom. The molecule has 1 unspecified atom stereocenters. The van der Waals surface area contributed by atoms with Gasteiger partial charge in [-0.3, -0.25) is 4.79 Å². The van der Waals surface area contributed by atoms with Crippen molar-refractivity contribution in [1.82, 2.24) is 0 Å². The van der Waals surface area contributed by atoms with Crippen LogP contribution in [-0.4, -0.2) is 16.3 Å². The third kappa shape index (κ3) is 1.86. The lowest BCUT2D eigenvalue weighted by molar-refractivity contribution is 0.0989. The molecule has 1 atom stereocenters. The fourth-order valence-corrected chi connectivity index (χ4v) is 1.20. The van der Waals surface area contributed by atoms with Crippen LogP contribution in [0.3, 0.4) is 0 Å². The topological polar surface area (TPSA) is 61.1 Å². The number of ketones is 1. The molecule has 0 fully saturated rings.